The van der Waals surface area contributed by atoms with Crippen LogP contribution in [-0.2, 0) is 14.9 Å². The van der Waals surface area contributed by atoms with Gasteiger partial charge in [0, 0.05) is 17.5 Å². The molecule has 6 heteroatoms. The van der Waals surface area contributed by atoms with E-state index in [4.69, 9.17) is 9.47 Å². The summed E-state index contributed by atoms with van der Waals surface area (Å²) in [5, 5.41) is 11.9. The Labute approximate surface area is 128 Å². The van der Waals surface area contributed by atoms with E-state index in [1.54, 1.807) is 6.07 Å². The molecule has 0 radical (unpaired) electrons. The van der Waals surface area contributed by atoms with Gasteiger partial charge in [0.25, 0.3) is 0 Å². The van der Waals surface area contributed by atoms with Crippen molar-refractivity contribution in [3.05, 3.63) is 42.5 Å². The first kappa shape index (κ1) is 15.9. The number of nitrogens with one attached hydrogen (secondary N) is 1. The van der Waals surface area contributed by atoms with E-state index in [-0.39, 0.29) is 19.6 Å². The quantitative estimate of drug-likeness (QED) is 0.786. The lowest BCUT2D eigenvalue weighted by molar-refractivity contribution is -0.138. The van der Waals surface area contributed by atoms with E-state index in [0.717, 1.165) is 5.56 Å². The topological polar surface area (TPSA) is 84.9 Å². The first-order valence-corrected chi connectivity index (χ1v) is 7.03. The normalized spacial score (nSPS) is 19.5. The molecular weight excluding hydrogens is 286 g/mol. The predicted molar refractivity (Wildman–Crippen MR) is 80.0 cm³/mol. The Morgan fingerprint density at radius 3 is 2.95 bits per heavy atom. The van der Waals surface area contributed by atoms with Crippen LogP contribution in [0.2, 0.25) is 0 Å². The van der Waals surface area contributed by atoms with E-state index in [1.807, 2.05) is 18.2 Å². The summed E-state index contributed by atoms with van der Waals surface area (Å²) in [6.07, 6.45) is 1.30. The van der Waals surface area contributed by atoms with Crippen LogP contribution in [0.1, 0.15) is 18.4 Å². The second kappa shape index (κ2) is 6.98. The van der Waals surface area contributed by atoms with Gasteiger partial charge in [-0.3, -0.25) is 4.79 Å². The fourth-order valence-corrected chi connectivity index (χ4v) is 2.67. The van der Waals surface area contributed by atoms with Gasteiger partial charge in [0.15, 0.2) is 0 Å². The summed E-state index contributed by atoms with van der Waals surface area (Å²) in [5.41, 5.74) is 0.0982. The number of amides is 1. The Hall–Kier alpha value is -2.50. The summed E-state index contributed by atoms with van der Waals surface area (Å²) in [4.78, 5) is 22.9. The summed E-state index contributed by atoms with van der Waals surface area (Å²) in [6, 6.07) is 7.32. The minimum absolute atomic E-state index is 0.0882. The summed E-state index contributed by atoms with van der Waals surface area (Å²) in [6.45, 7) is 4.16. The van der Waals surface area contributed by atoms with Gasteiger partial charge in [0.05, 0.1) is 13.0 Å². The maximum absolute atomic E-state index is 11.6. The number of fused-ring (bicyclic) bond motifs is 1. The predicted octanol–water partition coefficient (Wildman–Crippen LogP) is 2.09. The number of rotatable bonds is 6. The molecule has 0 bridgehead atoms. The molecule has 0 spiro atoms. The molecule has 118 valence electrons. The molecular formula is C16H19NO5. The van der Waals surface area contributed by atoms with Gasteiger partial charge in [0.1, 0.15) is 12.4 Å². The highest BCUT2D eigenvalue weighted by Crippen LogP contribution is 2.40. The Bertz CT molecular complexity index is 571. The highest BCUT2D eigenvalue weighted by molar-refractivity contribution is 5.71. The van der Waals surface area contributed by atoms with Crippen molar-refractivity contribution >= 4 is 12.1 Å². The summed E-state index contributed by atoms with van der Waals surface area (Å²) >= 11 is 0. The minimum atomic E-state index is -0.919. The lowest BCUT2D eigenvalue weighted by Crippen LogP contribution is -2.45. The van der Waals surface area contributed by atoms with Gasteiger partial charge in [-0.15, -0.1) is 0 Å². The number of carbonyl (C=O) groups excluding carboxylic acids is 1. The van der Waals surface area contributed by atoms with Crippen molar-refractivity contribution in [1.29, 1.82) is 0 Å². The average molecular weight is 305 g/mol. The molecule has 1 aromatic carbocycles. The first-order valence-electron chi connectivity index (χ1n) is 7.03. The fraction of sp³-hybridized carbons (Fsp3) is 0.375. The molecule has 1 unspecified atom stereocenters. The summed E-state index contributed by atoms with van der Waals surface area (Å²) in [5.74, 6) is -0.255. The van der Waals surface area contributed by atoms with Gasteiger partial charge < -0.3 is 19.9 Å². The van der Waals surface area contributed by atoms with Crippen molar-refractivity contribution in [3.63, 3.8) is 0 Å². The third kappa shape index (κ3) is 3.58. The zero-order valence-electron chi connectivity index (χ0n) is 12.2. The van der Waals surface area contributed by atoms with Crippen molar-refractivity contribution in [1.82, 2.24) is 5.32 Å². The lowest BCUT2D eigenvalue weighted by atomic mass is 9.73. The minimum Gasteiger partial charge on any atom is -0.493 e. The molecule has 0 saturated carbocycles. The average Bonchev–Trinajstić information content (AvgIpc) is 2.51. The van der Waals surface area contributed by atoms with E-state index in [1.165, 1.54) is 6.08 Å². The van der Waals surface area contributed by atoms with Crippen LogP contribution in [0.25, 0.3) is 0 Å². The van der Waals surface area contributed by atoms with Crippen molar-refractivity contribution < 1.29 is 24.2 Å². The van der Waals surface area contributed by atoms with E-state index >= 15 is 0 Å². The first-order chi connectivity index (χ1) is 10.6. The molecule has 2 N–H and O–H groups in total. The van der Waals surface area contributed by atoms with Gasteiger partial charge in [-0.05, 0) is 12.5 Å². The second-order valence-electron chi connectivity index (χ2n) is 5.19. The van der Waals surface area contributed by atoms with Crippen LogP contribution in [0.4, 0.5) is 4.79 Å². The van der Waals surface area contributed by atoms with Gasteiger partial charge in [-0.1, -0.05) is 30.9 Å². The molecule has 0 aliphatic carbocycles. The highest BCUT2D eigenvalue weighted by atomic mass is 16.5. The standard InChI is InChI=1S/C16H19NO5/c1-2-8-22-15(20)17-11-16(10-14(18)19)7-9-21-13-6-4-3-5-12(13)16/h2-6H,1,7-11H2,(H,17,20)(H,18,19). The number of ether oxygens (including phenoxy) is 2. The molecule has 1 atom stereocenters. The van der Waals surface area contributed by atoms with E-state index < -0.39 is 17.5 Å². The number of hydrogen-bond acceptors (Lipinski definition) is 4. The molecule has 2 rings (SSSR count). The third-order valence-electron chi connectivity index (χ3n) is 3.69. The Morgan fingerprint density at radius 1 is 1.45 bits per heavy atom. The van der Waals surface area contributed by atoms with Crippen molar-refractivity contribution in [2.75, 3.05) is 19.8 Å². The number of carbonyl (C=O) groups is 2. The van der Waals surface area contributed by atoms with Crippen molar-refractivity contribution in [2.45, 2.75) is 18.3 Å². The maximum atomic E-state index is 11.6. The van der Waals surface area contributed by atoms with Gasteiger partial charge >= 0.3 is 12.1 Å². The Kier molecular flexibility index (Phi) is 5.04. The van der Waals surface area contributed by atoms with Crippen LogP contribution in [0.5, 0.6) is 5.75 Å². The largest absolute Gasteiger partial charge is 0.493 e. The number of aliphatic carboxylic acids is 1. The molecule has 0 aromatic heterocycles. The van der Waals surface area contributed by atoms with Crippen LogP contribution < -0.4 is 10.1 Å². The molecule has 1 aliphatic rings. The van der Waals surface area contributed by atoms with Gasteiger partial charge in [-0.25, -0.2) is 4.79 Å². The number of benzene rings is 1. The van der Waals surface area contributed by atoms with Crippen LogP contribution >= 0.6 is 0 Å². The number of hydrogen-bond donors (Lipinski definition) is 2. The molecule has 1 aromatic rings. The van der Waals surface area contributed by atoms with Crippen LogP contribution in [0.15, 0.2) is 36.9 Å². The highest BCUT2D eigenvalue weighted by Gasteiger charge is 2.40. The lowest BCUT2D eigenvalue weighted by Gasteiger charge is -2.37. The zero-order chi connectivity index (χ0) is 16.0. The smallest absolute Gasteiger partial charge is 0.407 e. The second-order valence-corrected chi connectivity index (χ2v) is 5.19. The van der Waals surface area contributed by atoms with Crippen LogP contribution in [0.3, 0.4) is 0 Å². The SMILES string of the molecule is C=CCOC(=O)NCC1(CC(=O)O)CCOc2ccccc21. The van der Waals surface area contributed by atoms with Gasteiger partial charge in [0.2, 0.25) is 0 Å². The Morgan fingerprint density at radius 2 is 2.23 bits per heavy atom. The van der Waals surface area contributed by atoms with Crippen LogP contribution in [0, 0.1) is 0 Å². The number of carboxylic acid groups (broad SMARTS) is 1. The van der Waals surface area contributed by atoms with E-state index in [2.05, 4.69) is 11.9 Å². The monoisotopic (exact) mass is 305 g/mol. The molecule has 22 heavy (non-hydrogen) atoms. The maximum Gasteiger partial charge on any atom is 0.407 e. The summed E-state index contributed by atoms with van der Waals surface area (Å²) in [7, 11) is 0. The zero-order valence-corrected chi connectivity index (χ0v) is 12.2. The Balaban J connectivity index is 2.20. The van der Waals surface area contributed by atoms with Crippen molar-refractivity contribution in [3.8, 4) is 5.75 Å². The van der Waals surface area contributed by atoms with E-state index in [9.17, 15) is 14.7 Å². The summed E-state index contributed by atoms with van der Waals surface area (Å²) < 4.78 is 10.5. The molecule has 0 fully saturated rings. The molecule has 6 nitrogen and oxygen atoms in total. The number of alkyl carbamates (subject to hydrolysis) is 1. The third-order valence-corrected chi connectivity index (χ3v) is 3.69. The fourth-order valence-electron chi connectivity index (χ4n) is 2.67. The van der Waals surface area contributed by atoms with Gasteiger partial charge in [-0.2, -0.15) is 0 Å². The number of para-hydroxylation sites is 1. The molecule has 0 saturated heterocycles. The molecule has 1 aliphatic heterocycles. The van der Waals surface area contributed by atoms with E-state index in [0.29, 0.717) is 18.8 Å². The molecule has 1 heterocycles. The van der Waals surface area contributed by atoms with Crippen LogP contribution in [-0.4, -0.2) is 36.9 Å². The molecule has 1 amide bonds. The van der Waals surface area contributed by atoms with Crippen molar-refractivity contribution in [2.24, 2.45) is 0 Å². The number of carboxylic acids is 1.